The lowest BCUT2D eigenvalue weighted by Crippen LogP contribution is -2.12. The Morgan fingerprint density at radius 1 is 0.276 bits per heavy atom. The fraction of sp³-hybridized carbons (Fsp3) is 0.260. The van der Waals surface area contributed by atoms with Gasteiger partial charge in [-0.3, -0.25) is 0 Å². The Balaban J connectivity index is 0.908. The number of fused-ring (bicyclic) bond motifs is 9. The summed E-state index contributed by atoms with van der Waals surface area (Å²) < 4.78 is 63.8. The zero-order valence-electron chi connectivity index (χ0n) is 49.7. The first kappa shape index (κ1) is 58.7. The molecule has 446 valence electrons. The Morgan fingerprint density at radius 2 is 0.552 bits per heavy atom. The number of rotatable bonds is 32. The number of ether oxygens (including phenoxy) is 10. The van der Waals surface area contributed by atoms with E-state index in [-0.39, 0.29) is 0 Å². The second-order valence-electron chi connectivity index (χ2n) is 20.9. The topological polar surface area (TPSA) is 110 Å². The van der Waals surface area contributed by atoms with Gasteiger partial charge in [-0.15, -0.1) is 0 Å². The average Bonchev–Trinajstić information content (AvgIpc) is 2.10. The summed E-state index contributed by atoms with van der Waals surface area (Å²) in [5, 5.41) is 6.87. The van der Waals surface area contributed by atoms with Crippen LogP contribution in [0.3, 0.4) is 0 Å². The molecule has 3 heterocycles. The van der Waals surface area contributed by atoms with E-state index in [2.05, 4.69) is 182 Å². The van der Waals surface area contributed by atoms with Gasteiger partial charge in [-0.05, 0) is 159 Å². The molecular formula is C73H74N4O10. The molecule has 0 radical (unpaired) electrons. The minimum absolute atomic E-state index is 0.435. The monoisotopic (exact) mass is 1170 g/mol. The molecule has 0 N–H and O–H groups in total. The van der Waals surface area contributed by atoms with E-state index in [1.165, 1.54) is 0 Å². The lowest BCUT2D eigenvalue weighted by atomic mass is 10.1. The Bertz CT molecular complexity index is 4010. The van der Waals surface area contributed by atoms with Crippen LogP contribution in [0.2, 0.25) is 0 Å². The Morgan fingerprint density at radius 3 is 0.862 bits per heavy atom. The van der Waals surface area contributed by atoms with Gasteiger partial charge >= 0.3 is 0 Å². The summed E-state index contributed by atoms with van der Waals surface area (Å²) in [5.74, 6) is 2.36. The number of hydrogen-bond donors (Lipinski definition) is 0. The van der Waals surface area contributed by atoms with E-state index in [0.29, 0.717) is 106 Å². The average molecular weight is 1170 g/mol. The van der Waals surface area contributed by atoms with E-state index in [1.54, 1.807) is 7.11 Å². The van der Waals surface area contributed by atoms with Crippen LogP contribution in [0.4, 0.5) is 17.1 Å². The highest BCUT2D eigenvalue weighted by Crippen LogP contribution is 2.44. The molecular weight excluding hydrogens is 1090 g/mol. The third-order valence-corrected chi connectivity index (χ3v) is 15.5. The molecule has 14 nitrogen and oxygen atoms in total. The number of anilines is 3. The fourth-order valence-electron chi connectivity index (χ4n) is 11.5. The van der Waals surface area contributed by atoms with Crippen LogP contribution in [-0.2, 0) is 33.2 Å². The molecule has 0 aliphatic heterocycles. The maximum Gasteiger partial charge on any atom is 0.119 e. The standard InChI is InChI=1S/C73H74N4O10/c1-4-79-38-40-82-44-47-85-59-27-18-53(19-28-59)75-68-15-9-6-12-62(68)65-50-56(24-33-71(65)75)74(57-25-34-72-66(51-57)63-13-7-10-16-69(63)76(72)54-20-29-60(30-21-54)86-48-45-83-41-39-80-5-2)58-26-35-73-67(52-58)64-14-8-11-17-70(64)77(73)55-22-31-61(32-23-55)87-49-46-84-43-42-81-37-36-78-3/h6-35,50-52H,4-5,36-49H2,1-3H3. The number of para-hydroxylation sites is 3. The first-order chi connectivity index (χ1) is 43.1. The summed E-state index contributed by atoms with van der Waals surface area (Å²) in [5.41, 5.74) is 12.8. The van der Waals surface area contributed by atoms with Gasteiger partial charge in [-0.2, -0.15) is 0 Å². The van der Waals surface area contributed by atoms with E-state index < -0.39 is 0 Å². The second kappa shape index (κ2) is 28.7. The molecule has 0 saturated heterocycles. The highest BCUT2D eigenvalue weighted by molar-refractivity contribution is 6.14. The molecule has 12 rings (SSSR count). The van der Waals surface area contributed by atoms with Crippen molar-refractivity contribution in [2.24, 2.45) is 0 Å². The van der Waals surface area contributed by atoms with Crippen molar-refractivity contribution >= 4 is 82.5 Å². The lowest BCUT2D eigenvalue weighted by Gasteiger charge is -2.26. The number of aromatic nitrogens is 3. The van der Waals surface area contributed by atoms with Crippen LogP contribution >= 0.6 is 0 Å². The normalized spacial score (nSPS) is 11.8. The van der Waals surface area contributed by atoms with Crippen molar-refractivity contribution in [1.82, 2.24) is 13.7 Å². The van der Waals surface area contributed by atoms with Gasteiger partial charge in [0.2, 0.25) is 0 Å². The molecule has 9 aromatic carbocycles. The largest absolute Gasteiger partial charge is 0.491 e. The third kappa shape index (κ3) is 13.2. The SMILES string of the molecule is CCOCCOCCOc1ccc(-n2c3ccccc3c3cc(N(c4ccc5c(c4)c4ccccc4n5-c4ccc(OCCOCCOCC)cc4)c4ccc5c(c4)c4ccccc4n5-c4ccc(OCCOCCOCCOC)cc4)ccc32)cc1. The molecule has 87 heavy (non-hydrogen) atoms. The van der Waals surface area contributed by atoms with Crippen LogP contribution in [0.5, 0.6) is 17.2 Å². The number of hydrogen-bond acceptors (Lipinski definition) is 11. The van der Waals surface area contributed by atoms with Crippen molar-refractivity contribution in [3.63, 3.8) is 0 Å². The zero-order chi connectivity index (χ0) is 59.2. The van der Waals surface area contributed by atoms with E-state index in [4.69, 9.17) is 47.4 Å². The van der Waals surface area contributed by atoms with Crippen LogP contribution in [0, 0.1) is 0 Å². The molecule has 0 atom stereocenters. The van der Waals surface area contributed by atoms with E-state index in [1.807, 2.05) is 50.2 Å². The maximum atomic E-state index is 6.11. The summed E-state index contributed by atoms with van der Waals surface area (Å²) in [6.07, 6.45) is 0. The van der Waals surface area contributed by atoms with Gasteiger partial charge in [-0.1, -0.05) is 54.6 Å². The van der Waals surface area contributed by atoms with Crippen LogP contribution < -0.4 is 19.1 Å². The number of benzene rings is 9. The van der Waals surface area contributed by atoms with Crippen molar-refractivity contribution in [1.29, 1.82) is 0 Å². The van der Waals surface area contributed by atoms with Gasteiger partial charge in [0.05, 0.1) is 106 Å². The van der Waals surface area contributed by atoms with Crippen molar-refractivity contribution in [2.75, 3.05) is 118 Å². The minimum Gasteiger partial charge on any atom is -0.491 e. The molecule has 0 aliphatic carbocycles. The smallest absolute Gasteiger partial charge is 0.119 e. The minimum atomic E-state index is 0.435. The molecule has 0 bridgehead atoms. The summed E-state index contributed by atoms with van der Waals surface area (Å²) in [6.45, 7) is 12.5. The van der Waals surface area contributed by atoms with Crippen LogP contribution in [-0.4, -0.2) is 127 Å². The van der Waals surface area contributed by atoms with Gasteiger partial charge in [0.25, 0.3) is 0 Å². The van der Waals surface area contributed by atoms with Crippen LogP contribution in [0.1, 0.15) is 13.8 Å². The molecule has 14 heteroatoms. The van der Waals surface area contributed by atoms with Crippen LogP contribution in [0.25, 0.3) is 82.5 Å². The van der Waals surface area contributed by atoms with Gasteiger partial charge in [0.1, 0.15) is 37.1 Å². The molecule has 0 fully saturated rings. The summed E-state index contributed by atoms with van der Waals surface area (Å²) >= 11 is 0. The number of nitrogens with zero attached hydrogens (tertiary/aromatic N) is 4. The summed E-state index contributed by atoms with van der Waals surface area (Å²) in [4.78, 5) is 2.41. The van der Waals surface area contributed by atoms with Gasteiger partial charge in [-0.25, -0.2) is 0 Å². The Kier molecular flexibility index (Phi) is 19.3. The molecule has 3 aromatic heterocycles. The summed E-state index contributed by atoms with van der Waals surface area (Å²) in [6, 6.07) is 71.6. The predicted octanol–water partition coefficient (Wildman–Crippen LogP) is 15.4. The maximum absolute atomic E-state index is 6.11. The molecule has 0 unspecified atom stereocenters. The quantitative estimate of drug-likeness (QED) is 0.0376. The van der Waals surface area contributed by atoms with Crippen molar-refractivity contribution in [3.05, 3.63) is 200 Å². The van der Waals surface area contributed by atoms with E-state index in [9.17, 15) is 0 Å². The molecule has 0 spiro atoms. The predicted molar refractivity (Wildman–Crippen MR) is 349 cm³/mol. The molecule has 12 aromatic rings. The first-order valence-electron chi connectivity index (χ1n) is 30.1. The van der Waals surface area contributed by atoms with Gasteiger partial charge < -0.3 is 66.0 Å². The Labute approximate surface area is 507 Å². The highest BCUT2D eigenvalue weighted by atomic mass is 16.6. The fourth-order valence-corrected chi connectivity index (χ4v) is 11.5. The third-order valence-electron chi connectivity index (χ3n) is 15.5. The molecule has 0 amide bonds. The summed E-state index contributed by atoms with van der Waals surface area (Å²) in [7, 11) is 1.66. The van der Waals surface area contributed by atoms with Crippen LogP contribution in [0.15, 0.2) is 200 Å². The van der Waals surface area contributed by atoms with Gasteiger partial charge in [0, 0.05) is 86.8 Å². The first-order valence-corrected chi connectivity index (χ1v) is 30.1. The van der Waals surface area contributed by atoms with E-state index in [0.717, 1.165) is 117 Å². The van der Waals surface area contributed by atoms with Crippen molar-refractivity contribution in [2.45, 2.75) is 13.8 Å². The van der Waals surface area contributed by atoms with Gasteiger partial charge in [0.15, 0.2) is 0 Å². The highest BCUT2D eigenvalue weighted by Gasteiger charge is 2.22. The molecule has 0 aliphatic rings. The van der Waals surface area contributed by atoms with Crippen molar-refractivity contribution < 1.29 is 47.4 Å². The van der Waals surface area contributed by atoms with Crippen molar-refractivity contribution in [3.8, 4) is 34.3 Å². The second-order valence-corrected chi connectivity index (χ2v) is 20.9. The zero-order valence-corrected chi connectivity index (χ0v) is 49.7. The molecule has 0 saturated carbocycles. The Hall–Kier alpha value is -8.70. The van der Waals surface area contributed by atoms with E-state index >= 15 is 0 Å². The lowest BCUT2D eigenvalue weighted by molar-refractivity contribution is 0.0180. The number of methoxy groups -OCH3 is 1.